The van der Waals surface area contributed by atoms with E-state index in [4.69, 9.17) is 16.3 Å². The number of amides is 1. The SMILES string of the molecule is Cc1cc(S(=O)(=O)Nc2ccc(F)cc2)ccc1OCC(=O)N1CCN(c2cc(Cl)ccc2C)CC1. The van der Waals surface area contributed by atoms with E-state index in [1.807, 2.05) is 25.1 Å². The maximum Gasteiger partial charge on any atom is 0.261 e. The van der Waals surface area contributed by atoms with E-state index < -0.39 is 15.8 Å². The normalized spacial score (nSPS) is 14.0. The zero-order valence-corrected chi connectivity index (χ0v) is 21.6. The molecule has 0 saturated carbocycles. The van der Waals surface area contributed by atoms with Crippen molar-refractivity contribution in [2.45, 2.75) is 18.7 Å². The van der Waals surface area contributed by atoms with Gasteiger partial charge in [0.2, 0.25) is 0 Å². The van der Waals surface area contributed by atoms with Crippen molar-refractivity contribution < 1.29 is 22.3 Å². The quantitative estimate of drug-likeness (QED) is 0.481. The van der Waals surface area contributed by atoms with Crippen LogP contribution in [0.15, 0.2) is 65.6 Å². The van der Waals surface area contributed by atoms with Gasteiger partial charge < -0.3 is 14.5 Å². The van der Waals surface area contributed by atoms with Crippen molar-refractivity contribution in [3.63, 3.8) is 0 Å². The number of anilines is 2. The number of hydrogen-bond acceptors (Lipinski definition) is 5. The summed E-state index contributed by atoms with van der Waals surface area (Å²) in [6.45, 7) is 6.13. The Morgan fingerprint density at radius 3 is 2.33 bits per heavy atom. The van der Waals surface area contributed by atoms with Gasteiger partial charge >= 0.3 is 0 Å². The fourth-order valence-corrected chi connectivity index (χ4v) is 5.34. The molecule has 1 saturated heterocycles. The number of halogens is 2. The molecule has 0 radical (unpaired) electrons. The van der Waals surface area contributed by atoms with Crippen LogP contribution in [0.25, 0.3) is 0 Å². The monoisotopic (exact) mass is 531 g/mol. The minimum atomic E-state index is -3.86. The predicted molar refractivity (Wildman–Crippen MR) is 139 cm³/mol. The molecule has 190 valence electrons. The Labute approximate surface area is 215 Å². The Bertz CT molecular complexity index is 1360. The largest absolute Gasteiger partial charge is 0.483 e. The fourth-order valence-electron chi connectivity index (χ4n) is 4.03. The number of carbonyl (C=O) groups excluding carboxylic acids is 1. The molecule has 36 heavy (non-hydrogen) atoms. The first-order chi connectivity index (χ1) is 17.1. The summed E-state index contributed by atoms with van der Waals surface area (Å²) in [6, 6.07) is 15.2. The molecule has 4 rings (SSSR count). The molecule has 1 fully saturated rings. The summed E-state index contributed by atoms with van der Waals surface area (Å²) >= 11 is 6.15. The first-order valence-corrected chi connectivity index (χ1v) is 13.3. The van der Waals surface area contributed by atoms with E-state index in [0.717, 1.165) is 11.3 Å². The van der Waals surface area contributed by atoms with E-state index in [1.165, 1.54) is 42.5 Å². The van der Waals surface area contributed by atoms with Crippen LogP contribution < -0.4 is 14.4 Å². The van der Waals surface area contributed by atoms with Crippen molar-refractivity contribution in [3.8, 4) is 5.75 Å². The molecule has 0 spiro atoms. The molecule has 0 bridgehead atoms. The summed E-state index contributed by atoms with van der Waals surface area (Å²) in [5.41, 5.74) is 3.04. The van der Waals surface area contributed by atoms with Crippen molar-refractivity contribution in [2.24, 2.45) is 0 Å². The lowest BCUT2D eigenvalue weighted by Gasteiger charge is -2.36. The first kappa shape index (κ1) is 25.8. The van der Waals surface area contributed by atoms with Crippen LogP contribution in [-0.4, -0.2) is 52.0 Å². The van der Waals surface area contributed by atoms with Crippen molar-refractivity contribution in [1.29, 1.82) is 0 Å². The molecular weight excluding hydrogens is 505 g/mol. The van der Waals surface area contributed by atoms with Crippen molar-refractivity contribution in [1.82, 2.24) is 4.90 Å². The number of hydrogen-bond donors (Lipinski definition) is 1. The Morgan fingerprint density at radius 2 is 1.67 bits per heavy atom. The van der Waals surface area contributed by atoms with Crippen molar-refractivity contribution >= 4 is 38.9 Å². The van der Waals surface area contributed by atoms with E-state index in [9.17, 15) is 17.6 Å². The van der Waals surface area contributed by atoms with Gasteiger partial charge in [0.25, 0.3) is 15.9 Å². The van der Waals surface area contributed by atoms with Crippen LogP contribution in [0, 0.1) is 19.7 Å². The van der Waals surface area contributed by atoms with E-state index in [0.29, 0.717) is 42.5 Å². The predicted octanol–water partition coefficient (Wildman–Crippen LogP) is 4.62. The van der Waals surface area contributed by atoms with Gasteiger partial charge in [0.1, 0.15) is 11.6 Å². The molecule has 1 N–H and O–H groups in total. The highest BCUT2D eigenvalue weighted by Crippen LogP contribution is 2.26. The van der Waals surface area contributed by atoms with Gasteiger partial charge in [0.15, 0.2) is 6.61 Å². The highest BCUT2D eigenvalue weighted by atomic mass is 35.5. The zero-order valence-electron chi connectivity index (χ0n) is 20.0. The number of nitrogens with one attached hydrogen (secondary N) is 1. The molecule has 0 aliphatic carbocycles. The number of rotatable bonds is 7. The van der Waals surface area contributed by atoms with Gasteiger partial charge in [-0.15, -0.1) is 0 Å². The number of piperazine rings is 1. The first-order valence-electron chi connectivity index (χ1n) is 11.4. The van der Waals surface area contributed by atoms with E-state index >= 15 is 0 Å². The molecule has 7 nitrogen and oxygen atoms in total. The van der Waals surface area contributed by atoms with Crippen LogP contribution in [0.1, 0.15) is 11.1 Å². The van der Waals surface area contributed by atoms with Gasteiger partial charge in [0.05, 0.1) is 4.90 Å². The highest BCUT2D eigenvalue weighted by molar-refractivity contribution is 7.92. The number of nitrogens with zero attached hydrogens (tertiary/aromatic N) is 2. The Balaban J connectivity index is 1.32. The fraction of sp³-hybridized carbons (Fsp3) is 0.269. The molecule has 3 aromatic carbocycles. The van der Waals surface area contributed by atoms with Crippen LogP contribution in [0.5, 0.6) is 5.75 Å². The van der Waals surface area contributed by atoms with Gasteiger partial charge in [-0.2, -0.15) is 0 Å². The molecule has 0 aromatic heterocycles. The second kappa shape index (κ2) is 10.8. The second-order valence-corrected chi connectivity index (χ2v) is 10.7. The standard InChI is InChI=1S/C26H27ClFN3O4S/c1-18-3-4-20(27)16-24(18)30-11-13-31(14-12-30)26(32)17-35-25-10-9-23(15-19(25)2)36(33,34)29-22-7-5-21(28)6-8-22/h3-10,15-16,29H,11-14,17H2,1-2H3. The summed E-state index contributed by atoms with van der Waals surface area (Å²) in [5, 5.41) is 0.683. The minimum Gasteiger partial charge on any atom is -0.483 e. The second-order valence-electron chi connectivity index (χ2n) is 8.63. The number of aryl methyl sites for hydroxylation is 2. The van der Waals surface area contributed by atoms with E-state index in [1.54, 1.807) is 11.8 Å². The summed E-state index contributed by atoms with van der Waals surface area (Å²) in [4.78, 5) is 16.7. The summed E-state index contributed by atoms with van der Waals surface area (Å²) in [7, 11) is -3.86. The Kier molecular flexibility index (Phi) is 7.70. The third-order valence-corrected chi connectivity index (χ3v) is 7.66. The number of ether oxygens (including phenoxy) is 1. The van der Waals surface area contributed by atoms with Crippen LogP contribution in [0.2, 0.25) is 5.02 Å². The van der Waals surface area contributed by atoms with Crippen LogP contribution in [0.3, 0.4) is 0 Å². The van der Waals surface area contributed by atoms with Crippen molar-refractivity contribution in [2.75, 3.05) is 42.4 Å². The van der Waals surface area contributed by atoms with Crippen LogP contribution in [0.4, 0.5) is 15.8 Å². The lowest BCUT2D eigenvalue weighted by atomic mass is 10.1. The molecular formula is C26H27ClFN3O4S. The van der Waals surface area contributed by atoms with E-state index in [2.05, 4.69) is 9.62 Å². The molecule has 3 aromatic rings. The summed E-state index contributed by atoms with van der Waals surface area (Å²) in [6.07, 6.45) is 0. The lowest BCUT2D eigenvalue weighted by Crippen LogP contribution is -2.50. The molecule has 1 amide bonds. The highest BCUT2D eigenvalue weighted by Gasteiger charge is 2.23. The topological polar surface area (TPSA) is 78.9 Å². The van der Waals surface area contributed by atoms with Crippen LogP contribution in [-0.2, 0) is 14.8 Å². The van der Waals surface area contributed by atoms with Gasteiger partial charge in [-0.3, -0.25) is 9.52 Å². The van der Waals surface area contributed by atoms with Gasteiger partial charge in [-0.25, -0.2) is 12.8 Å². The van der Waals surface area contributed by atoms with Gasteiger partial charge in [-0.1, -0.05) is 17.7 Å². The third-order valence-electron chi connectivity index (χ3n) is 6.05. The van der Waals surface area contributed by atoms with Crippen molar-refractivity contribution in [3.05, 3.63) is 82.6 Å². The molecule has 0 atom stereocenters. The molecule has 0 unspecified atom stereocenters. The molecule has 1 aliphatic rings. The average molecular weight is 532 g/mol. The molecule has 1 aliphatic heterocycles. The average Bonchev–Trinajstić information content (AvgIpc) is 2.86. The summed E-state index contributed by atoms with van der Waals surface area (Å²) < 4.78 is 46.6. The Morgan fingerprint density at radius 1 is 0.972 bits per heavy atom. The van der Waals surface area contributed by atoms with E-state index in [-0.39, 0.29) is 23.1 Å². The number of sulfonamides is 1. The zero-order chi connectivity index (χ0) is 25.9. The number of carbonyl (C=O) groups is 1. The maximum absolute atomic E-state index is 13.1. The number of benzene rings is 3. The van der Waals surface area contributed by atoms with Gasteiger partial charge in [0, 0.05) is 42.6 Å². The maximum atomic E-state index is 13.1. The Hall–Kier alpha value is -3.30. The smallest absolute Gasteiger partial charge is 0.261 e. The van der Waals surface area contributed by atoms with Crippen LogP contribution >= 0.6 is 11.6 Å². The minimum absolute atomic E-state index is 0.0374. The summed E-state index contributed by atoms with van der Waals surface area (Å²) in [5.74, 6) is -0.160. The lowest BCUT2D eigenvalue weighted by molar-refractivity contribution is -0.133. The third kappa shape index (κ3) is 6.09. The molecule has 10 heteroatoms. The van der Waals surface area contributed by atoms with Gasteiger partial charge in [-0.05, 0) is 79.6 Å². The molecule has 1 heterocycles.